The lowest BCUT2D eigenvalue weighted by Crippen LogP contribution is -2.21. The number of aromatic amines is 1. The average molecular weight is 356 g/mol. The molecule has 0 fully saturated rings. The SMILES string of the molecule is CCN(CC)c1ccc(-c2nnc(SCC(=O)c3ccc[nH]3)o2)cc1. The molecule has 6 nitrogen and oxygen atoms in total. The second-order valence-corrected chi connectivity index (χ2v) is 6.31. The molecule has 0 amide bonds. The van der Waals surface area contributed by atoms with Crippen molar-refractivity contribution in [1.29, 1.82) is 0 Å². The third-order valence-electron chi connectivity index (χ3n) is 3.87. The molecular weight excluding hydrogens is 336 g/mol. The number of benzene rings is 1. The number of ketones is 1. The van der Waals surface area contributed by atoms with Crippen molar-refractivity contribution in [3.63, 3.8) is 0 Å². The number of H-pyrrole nitrogens is 1. The highest BCUT2D eigenvalue weighted by atomic mass is 32.2. The zero-order chi connectivity index (χ0) is 17.6. The van der Waals surface area contributed by atoms with Gasteiger partial charge in [-0.2, -0.15) is 0 Å². The second-order valence-electron chi connectivity index (χ2n) is 5.39. The van der Waals surface area contributed by atoms with Crippen molar-refractivity contribution in [2.24, 2.45) is 0 Å². The molecule has 0 saturated heterocycles. The van der Waals surface area contributed by atoms with Crippen molar-refractivity contribution >= 4 is 23.2 Å². The van der Waals surface area contributed by atoms with Gasteiger partial charge in [0.2, 0.25) is 5.89 Å². The van der Waals surface area contributed by atoms with Crippen LogP contribution in [0.2, 0.25) is 0 Å². The van der Waals surface area contributed by atoms with E-state index in [4.69, 9.17) is 4.42 Å². The Bertz CT molecular complexity index is 808. The molecule has 0 aliphatic heterocycles. The first-order chi connectivity index (χ1) is 12.2. The first-order valence-electron chi connectivity index (χ1n) is 8.19. The van der Waals surface area contributed by atoms with Gasteiger partial charge in [-0.3, -0.25) is 4.79 Å². The van der Waals surface area contributed by atoms with Gasteiger partial charge in [0.1, 0.15) is 0 Å². The summed E-state index contributed by atoms with van der Waals surface area (Å²) >= 11 is 1.24. The molecule has 3 rings (SSSR count). The number of rotatable bonds is 8. The van der Waals surface area contributed by atoms with E-state index in [0.717, 1.165) is 18.7 Å². The highest BCUT2D eigenvalue weighted by molar-refractivity contribution is 7.99. The molecule has 1 aromatic carbocycles. The van der Waals surface area contributed by atoms with E-state index in [2.05, 4.69) is 33.9 Å². The second kappa shape index (κ2) is 8.02. The van der Waals surface area contributed by atoms with Crippen LogP contribution < -0.4 is 4.90 Å². The summed E-state index contributed by atoms with van der Waals surface area (Å²) in [5.41, 5.74) is 2.62. The van der Waals surface area contributed by atoms with Crippen LogP contribution in [-0.2, 0) is 0 Å². The fourth-order valence-corrected chi connectivity index (χ4v) is 3.14. The minimum atomic E-state index is -0.00155. The molecule has 0 aliphatic rings. The van der Waals surface area contributed by atoms with Gasteiger partial charge >= 0.3 is 0 Å². The average Bonchev–Trinajstić information content (AvgIpc) is 3.33. The largest absolute Gasteiger partial charge is 0.411 e. The van der Waals surface area contributed by atoms with Crippen LogP contribution in [0, 0.1) is 0 Å². The zero-order valence-electron chi connectivity index (χ0n) is 14.2. The van der Waals surface area contributed by atoms with Gasteiger partial charge in [-0.15, -0.1) is 10.2 Å². The number of Topliss-reactive ketones (excluding diaryl/α,β-unsaturated/α-hetero) is 1. The number of nitrogens with one attached hydrogen (secondary N) is 1. The summed E-state index contributed by atoms with van der Waals surface area (Å²) in [5, 5.41) is 8.47. The predicted molar refractivity (Wildman–Crippen MR) is 99.1 cm³/mol. The lowest BCUT2D eigenvalue weighted by Gasteiger charge is -2.20. The van der Waals surface area contributed by atoms with E-state index in [-0.39, 0.29) is 11.5 Å². The Labute approximate surface area is 150 Å². The van der Waals surface area contributed by atoms with Gasteiger partial charge in [0, 0.05) is 30.5 Å². The fourth-order valence-electron chi connectivity index (χ4n) is 2.50. The van der Waals surface area contributed by atoms with E-state index in [1.165, 1.54) is 17.4 Å². The number of carbonyl (C=O) groups is 1. The van der Waals surface area contributed by atoms with Gasteiger partial charge in [0.05, 0.1) is 11.4 Å². The first-order valence-corrected chi connectivity index (χ1v) is 9.18. The molecule has 25 heavy (non-hydrogen) atoms. The van der Waals surface area contributed by atoms with E-state index in [0.29, 0.717) is 16.8 Å². The highest BCUT2D eigenvalue weighted by Gasteiger charge is 2.13. The Kier molecular flexibility index (Phi) is 5.55. The van der Waals surface area contributed by atoms with Gasteiger partial charge in [0.15, 0.2) is 5.78 Å². The number of anilines is 1. The maximum absolute atomic E-state index is 12.0. The maximum Gasteiger partial charge on any atom is 0.277 e. The van der Waals surface area contributed by atoms with Gasteiger partial charge in [0.25, 0.3) is 5.22 Å². The third-order valence-corrected chi connectivity index (χ3v) is 4.69. The summed E-state index contributed by atoms with van der Waals surface area (Å²) in [6, 6.07) is 11.6. The van der Waals surface area contributed by atoms with Crippen molar-refractivity contribution < 1.29 is 9.21 Å². The molecule has 1 N–H and O–H groups in total. The minimum absolute atomic E-state index is 0.00155. The van der Waals surface area contributed by atoms with Crippen molar-refractivity contribution in [3.8, 4) is 11.5 Å². The summed E-state index contributed by atoms with van der Waals surface area (Å²) < 4.78 is 5.66. The Morgan fingerprint density at radius 1 is 1.16 bits per heavy atom. The van der Waals surface area contributed by atoms with Crippen LogP contribution in [0.4, 0.5) is 5.69 Å². The monoisotopic (exact) mass is 356 g/mol. The fraction of sp³-hybridized carbons (Fsp3) is 0.278. The van der Waals surface area contributed by atoms with Crippen LogP contribution in [0.1, 0.15) is 24.3 Å². The van der Waals surface area contributed by atoms with Crippen LogP contribution in [0.5, 0.6) is 0 Å². The molecule has 0 spiro atoms. The Morgan fingerprint density at radius 2 is 1.92 bits per heavy atom. The molecule has 2 heterocycles. The molecule has 7 heteroatoms. The number of carbonyl (C=O) groups excluding carboxylic acids is 1. The van der Waals surface area contributed by atoms with E-state index >= 15 is 0 Å². The molecule has 0 atom stereocenters. The van der Waals surface area contributed by atoms with Crippen LogP contribution in [0.15, 0.2) is 52.2 Å². The Balaban J connectivity index is 1.64. The molecule has 0 unspecified atom stereocenters. The summed E-state index contributed by atoms with van der Waals surface area (Å²) in [7, 11) is 0. The Morgan fingerprint density at radius 3 is 2.56 bits per heavy atom. The predicted octanol–water partition coefficient (Wildman–Crippen LogP) is 3.89. The van der Waals surface area contributed by atoms with Crippen LogP contribution in [0.25, 0.3) is 11.5 Å². The molecule has 0 radical (unpaired) electrons. The topological polar surface area (TPSA) is 75.0 Å². The number of nitrogens with zero attached hydrogens (tertiary/aromatic N) is 3. The van der Waals surface area contributed by atoms with Crippen molar-refractivity contribution in [3.05, 3.63) is 48.3 Å². The third kappa shape index (κ3) is 4.11. The number of hydrogen-bond acceptors (Lipinski definition) is 6. The number of thioether (sulfide) groups is 1. The molecule has 0 saturated carbocycles. The zero-order valence-corrected chi connectivity index (χ0v) is 15.0. The number of hydrogen-bond donors (Lipinski definition) is 1. The molecular formula is C18H20N4O2S. The normalized spacial score (nSPS) is 10.8. The molecule has 2 aromatic heterocycles. The van der Waals surface area contributed by atoms with Crippen LogP contribution in [-0.4, -0.2) is 39.8 Å². The van der Waals surface area contributed by atoms with Gasteiger partial charge in [-0.05, 0) is 50.2 Å². The summed E-state index contributed by atoms with van der Waals surface area (Å²) in [5.74, 6) is 0.711. The van der Waals surface area contributed by atoms with E-state index in [1.54, 1.807) is 18.3 Å². The van der Waals surface area contributed by atoms with Gasteiger partial charge in [-0.1, -0.05) is 11.8 Å². The smallest absolute Gasteiger partial charge is 0.277 e. The maximum atomic E-state index is 12.0. The minimum Gasteiger partial charge on any atom is -0.411 e. The van der Waals surface area contributed by atoms with Crippen LogP contribution >= 0.6 is 11.8 Å². The van der Waals surface area contributed by atoms with Gasteiger partial charge < -0.3 is 14.3 Å². The quantitative estimate of drug-likeness (QED) is 0.487. The first kappa shape index (κ1) is 17.3. The summed E-state index contributed by atoms with van der Waals surface area (Å²) in [6.45, 7) is 6.19. The van der Waals surface area contributed by atoms with Crippen molar-refractivity contribution in [1.82, 2.24) is 15.2 Å². The summed E-state index contributed by atoms with van der Waals surface area (Å²) in [6.07, 6.45) is 1.73. The van der Waals surface area contributed by atoms with Gasteiger partial charge in [-0.25, -0.2) is 0 Å². The van der Waals surface area contributed by atoms with Crippen molar-refractivity contribution in [2.75, 3.05) is 23.7 Å². The molecule has 130 valence electrons. The standard InChI is InChI=1S/C18H20N4O2S/c1-3-22(4-2)14-9-7-13(8-10-14)17-20-21-18(24-17)25-12-16(23)15-6-5-11-19-15/h5-11,19H,3-4,12H2,1-2H3. The lowest BCUT2D eigenvalue weighted by atomic mass is 10.2. The van der Waals surface area contributed by atoms with Crippen molar-refractivity contribution in [2.45, 2.75) is 19.1 Å². The lowest BCUT2D eigenvalue weighted by molar-refractivity contribution is 0.101. The van der Waals surface area contributed by atoms with E-state index < -0.39 is 0 Å². The number of aromatic nitrogens is 3. The highest BCUT2D eigenvalue weighted by Crippen LogP contribution is 2.25. The molecule has 0 bridgehead atoms. The molecule has 0 aliphatic carbocycles. The summed E-state index contributed by atoms with van der Waals surface area (Å²) in [4.78, 5) is 17.1. The van der Waals surface area contributed by atoms with E-state index in [1.807, 2.05) is 24.3 Å². The molecule has 3 aromatic rings. The van der Waals surface area contributed by atoms with E-state index in [9.17, 15) is 4.79 Å². The Hall–Kier alpha value is -2.54. The van der Waals surface area contributed by atoms with Crippen LogP contribution in [0.3, 0.4) is 0 Å².